The molecule has 0 aliphatic rings. The zero-order valence-corrected chi connectivity index (χ0v) is 20.2. The summed E-state index contributed by atoms with van der Waals surface area (Å²) in [5, 5.41) is 5.36. The second kappa shape index (κ2) is 12.5. The van der Waals surface area contributed by atoms with Gasteiger partial charge in [0.2, 0.25) is 0 Å². The number of esters is 1. The molecule has 9 nitrogen and oxygen atoms in total. The van der Waals surface area contributed by atoms with Crippen LogP contribution in [0.25, 0.3) is 0 Å². The zero-order valence-electron chi connectivity index (χ0n) is 20.2. The topological polar surface area (TPSA) is 112 Å². The molecule has 0 radical (unpaired) electrons. The summed E-state index contributed by atoms with van der Waals surface area (Å²) in [6, 6.07) is 14.1. The standard InChI is InChI=1S/C25H32N2O7/c1-25(2,3)34-24(30)26-15-14-22(29)33-16-21(28)27-23(17-6-10-19(31-4)11-7-17)18-8-12-20(32-5)13-9-18/h6-13,23H,14-16H2,1-5H3,(H,26,30)(H,27,28). The lowest BCUT2D eigenvalue weighted by Crippen LogP contribution is -2.35. The summed E-state index contributed by atoms with van der Waals surface area (Å²) in [4.78, 5) is 36.1. The maximum Gasteiger partial charge on any atom is 0.407 e. The second-order valence-corrected chi connectivity index (χ2v) is 8.39. The quantitative estimate of drug-likeness (QED) is 0.510. The van der Waals surface area contributed by atoms with E-state index in [2.05, 4.69) is 10.6 Å². The van der Waals surface area contributed by atoms with Gasteiger partial charge in [-0.25, -0.2) is 4.79 Å². The Morgan fingerprint density at radius 2 is 1.35 bits per heavy atom. The molecule has 2 N–H and O–H groups in total. The number of nitrogens with one attached hydrogen (secondary N) is 2. The van der Waals surface area contributed by atoms with Crippen molar-refractivity contribution in [3.8, 4) is 11.5 Å². The Labute approximate surface area is 199 Å². The first kappa shape index (κ1) is 26.5. The molecule has 0 spiro atoms. The highest BCUT2D eigenvalue weighted by Gasteiger charge is 2.19. The molecular weight excluding hydrogens is 440 g/mol. The van der Waals surface area contributed by atoms with Crippen LogP contribution in [0.2, 0.25) is 0 Å². The van der Waals surface area contributed by atoms with Crippen molar-refractivity contribution >= 4 is 18.0 Å². The highest BCUT2D eigenvalue weighted by molar-refractivity contribution is 5.81. The largest absolute Gasteiger partial charge is 0.497 e. The van der Waals surface area contributed by atoms with Crippen molar-refractivity contribution in [2.75, 3.05) is 27.4 Å². The number of amides is 2. The van der Waals surface area contributed by atoms with Gasteiger partial charge in [0.05, 0.1) is 26.7 Å². The van der Waals surface area contributed by atoms with Crippen molar-refractivity contribution in [2.45, 2.75) is 38.8 Å². The summed E-state index contributed by atoms with van der Waals surface area (Å²) >= 11 is 0. The Morgan fingerprint density at radius 1 is 0.853 bits per heavy atom. The average Bonchev–Trinajstić information content (AvgIpc) is 2.80. The minimum absolute atomic E-state index is 0.0374. The third-order valence-electron chi connectivity index (χ3n) is 4.57. The third kappa shape index (κ3) is 9.01. The van der Waals surface area contributed by atoms with Gasteiger partial charge >= 0.3 is 12.1 Å². The molecule has 34 heavy (non-hydrogen) atoms. The van der Waals surface area contributed by atoms with Crippen molar-refractivity contribution in [1.29, 1.82) is 0 Å². The summed E-state index contributed by atoms with van der Waals surface area (Å²) in [6.07, 6.45) is -0.715. The smallest absolute Gasteiger partial charge is 0.407 e. The normalized spacial score (nSPS) is 10.9. The van der Waals surface area contributed by atoms with Crippen molar-refractivity contribution < 1.29 is 33.3 Å². The van der Waals surface area contributed by atoms with Crippen molar-refractivity contribution in [1.82, 2.24) is 10.6 Å². The van der Waals surface area contributed by atoms with Crippen LogP contribution in [0.5, 0.6) is 11.5 Å². The van der Waals surface area contributed by atoms with E-state index in [4.69, 9.17) is 18.9 Å². The predicted molar refractivity (Wildman–Crippen MR) is 126 cm³/mol. The fourth-order valence-corrected chi connectivity index (χ4v) is 2.95. The number of carbonyl (C=O) groups is 3. The van der Waals surface area contributed by atoms with Crippen molar-refractivity contribution in [3.05, 3.63) is 59.7 Å². The molecule has 0 saturated heterocycles. The van der Waals surface area contributed by atoms with Crippen LogP contribution in [0, 0.1) is 0 Å². The van der Waals surface area contributed by atoms with Gasteiger partial charge in [-0.15, -0.1) is 0 Å². The summed E-state index contributed by atoms with van der Waals surface area (Å²) in [6.45, 7) is 4.81. The highest BCUT2D eigenvalue weighted by Crippen LogP contribution is 2.26. The molecular formula is C25H32N2O7. The number of benzene rings is 2. The lowest BCUT2D eigenvalue weighted by molar-refractivity contribution is -0.148. The molecule has 0 aliphatic heterocycles. The Bertz CT molecular complexity index is 903. The first-order valence-electron chi connectivity index (χ1n) is 10.8. The number of hydrogen-bond acceptors (Lipinski definition) is 7. The van der Waals surface area contributed by atoms with Gasteiger partial charge in [0.1, 0.15) is 17.1 Å². The summed E-state index contributed by atoms with van der Waals surface area (Å²) in [7, 11) is 3.16. The molecule has 2 aromatic rings. The molecule has 0 aliphatic carbocycles. The third-order valence-corrected chi connectivity index (χ3v) is 4.57. The number of ether oxygens (including phenoxy) is 4. The van der Waals surface area contributed by atoms with E-state index in [1.807, 2.05) is 24.3 Å². The molecule has 0 fully saturated rings. The van der Waals surface area contributed by atoms with E-state index in [1.54, 1.807) is 59.3 Å². The fourth-order valence-electron chi connectivity index (χ4n) is 2.95. The molecule has 184 valence electrons. The van der Waals surface area contributed by atoms with Gasteiger partial charge in [0, 0.05) is 6.54 Å². The monoisotopic (exact) mass is 472 g/mol. The Kier molecular flexibility index (Phi) is 9.73. The number of alkyl carbamates (subject to hydrolysis) is 1. The first-order chi connectivity index (χ1) is 16.1. The van der Waals surface area contributed by atoms with Gasteiger partial charge in [-0.2, -0.15) is 0 Å². The Hall–Kier alpha value is -3.75. The zero-order chi connectivity index (χ0) is 25.1. The van der Waals surface area contributed by atoms with Gasteiger partial charge in [-0.3, -0.25) is 9.59 Å². The summed E-state index contributed by atoms with van der Waals surface area (Å²) < 4.78 is 20.6. The van der Waals surface area contributed by atoms with Crippen LogP contribution in [0.1, 0.15) is 44.4 Å². The van der Waals surface area contributed by atoms with Gasteiger partial charge < -0.3 is 29.6 Å². The lowest BCUT2D eigenvalue weighted by Gasteiger charge is -2.20. The number of hydrogen-bond donors (Lipinski definition) is 2. The second-order valence-electron chi connectivity index (χ2n) is 8.39. The van der Waals surface area contributed by atoms with E-state index in [0.717, 1.165) is 11.1 Å². The minimum Gasteiger partial charge on any atom is -0.497 e. The summed E-state index contributed by atoms with van der Waals surface area (Å²) in [5.74, 6) is 0.302. The van der Waals surface area contributed by atoms with Crippen LogP contribution < -0.4 is 20.1 Å². The van der Waals surface area contributed by atoms with Crippen LogP contribution in [-0.2, 0) is 19.1 Å². The Morgan fingerprint density at radius 3 is 1.79 bits per heavy atom. The average molecular weight is 473 g/mol. The molecule has 0 unspecified atom stereocenters. The number of methoxy groups -OCH3 is 2. The lowest BCUT2D eigenvalue weighted by atomic mass is 9.98. The maximum absolute atomic E-state index is 12.6. The fraction of sp³-hybridized carbons (Fsp3) is 0.400. The molecule has 0 atom stereocenters. The molecule has 2 amide bonds. The molecule has 0 saturated carbocycles. The van der Waals surface area contributed by atoms with E-state index in [-0.39, 0.29) is 13.0 Å². The first-order valence-corrected chi connectivity index (χ1v) is 10.8. The van der Waals surface area contributed by atoms with Crippen molar-refractivity contribution in [3.63, 3.8) is 0 Å². The molecule has 2 aromatic carbocycles. The van der Waals surface area contributed by atoms with Crippen LogP contribution in [0.15, 0.2) is 48.5 Å². The van der Waals surface area contributed by atoms with Gasteiger partial charge in [-0.1, -0.05) is 24.3 Å². The van der Waals surface area contributed by atoms with E-state index < -0.39 is 36.2 Å². The van der Waals surface area contributed by atoms with Crippen LogP contribution in [-0.4, -0.2) is 50.9 Å². The number of carbonyl (C=O) groups excluding carboxylic acids is 3. The summed E-state index contributed by atoms with van der Waals surface area (Å²) in [5.41, 5.74) is 1.02. The van der Waals surface area contributed by atoms with Crippen LogP contribution in [0.3, 0.4) is 0 Å². The van der Waals surface area contributed by atoms with Gasteiger partial charge in [-0.05, 0) is 56.2 Å². The maximum atomic E-state index is 12.6. The minimum atomic E-state index is -0.632. The molecule has 0 aromatic heterocycles. The molecule has 0 bridgehead atoms. The van der Waals surface area contributed by atoms with Crippen LogP contribution in [0.4, 0.5) is 4.79 Å². The van der Waals surface area contributed by atoms with E-state index in [9.17, 15) is 14.4 Å². The molecule has 9 heteroatoms. The number of rotatable bonds is 10. The van der Waals surface area contributed by atoms with E-state index in [0.29, 0.717) is 11.5 Å². The van der Waals surface area contributed by atoms with Gasteiger partial charge in [0.25, 0.3) is 5.91 Å². The predicted octanol–water partition coefficient (Wildman–Crippen LogP) is 3.37. The van der Waals surface area contributed by atoms with Gasteiger partial charge in [0.15, 0.2) is 6.61 Å². The molecule has 2 rings (SSSR count). The van der Waals surface area contributed by atoms with Crippen LogP contribution >= 0.6 is 0 Å². The SMILES string of the molecule is COc1ccc(C(NC(=O)COC(=O)CCNC(=O)OC(C)(C)C)c2ccc(OC)cc2)cc1. The Balaban J connectivity index is 1.94. The van der Waals surface area contributed by atoms with Crippen molar-refractivity contribution in [2.24, 2.45) is 0 Å². The molecule has 0 heterocycles. The van der Waals surface area contributed by atoms with E-state index >= 15 is 0 Å². The van der Waals surface area contributed by atoms with E-state index in [1.165, 1.54) is 0 Å². The highest BCUT2D eigenvalue weighted by atomic mass is 16.6.